The largest absolute Gasteiger partial charge is 0.368 e. The molecule has 10 heavy (non-hydrogen) atoms. The summed E-state index contributed by atoms with van der Waals surface area (Å²) in [6.45, 7) is 2.17. The van der Waals surface area contributed by atoms with E-state index in [4.69, 9.17) is 11.5 Å². The quantitative estimate of drug-likeness (QED) is 0.575. The molecule has 0 bridgehead atoms. The van der Waals surface area contributed by atoms with Crippen molar-refractivity contribution in [2.75, 3.05) is 0 Å². The molecule has 0 aliphatic heterocycles. The van der Waals surface area contributed by atoms with Crippen molar-refractivity contribution in [3.8, 4) is 0 Å². The highest BCUT2D eigenvalue weighted by Gasteiger charge is 2.34. The molecule has 1 amide bonds. The Morgan fingerprint density at radius 3 is 2.60 bits per heavy atom. The first-order chi connectivity index (χ1) is 4.61. The second-order valence-corrected chi connectivity index (χ2v) is 3.22. The van der Waals surface area contributed by atoms with Crippen molar-refractivity contribution in [2.45, 2.75) is 25.8 Å². The summed E-state index contributed by atoms with van der Waals surface area (Å²) in [5.74, 6) is 1.03. The van der Waals surface area contributed by atoms with Crippen molar-refractivity contribution in [1.29, 1.82) is 0 Å². The molecule has 1 unspecified atom stereocenters. The van der Waals surface area contributed by atoms with Crippen LogP contribution in [0.25, 0.3) is 0 Å². The van der Waals surface area contributed by atoms with Crippen LogP contribution >= 0.6 is 0 Å². The van der Waals surface area contributed by atoms with Gasteiger partial charge in [0.15, 0.2) is 0 Å². The van der Waals surface area contributed by atoms with Crippen LogP contribution in [0.1, 0.15) is 19.8 Å². The van der Waals surface area contributed by atoms with E-state index in [2.05, 4.69) is 6.92 Å². The molecule has 0 heterocycles. The van der Waals surface area contributed by atoms with Crippen molar-refractivity contribution in [3.63, 3.8) is 0 Å². The Hall–Kier alpha value is -0.570. The molecule has 0 spiro atoms. The van der Waals surface area contributed by atoms with Gasteiger partial charge in [0.05, 0.1) is 6.04 Å². The van der Waals surface area contributed by atoms with Gasteiger partial charge >= 0.3 is 0 Å². The minimum atomic E-state index is -0.421. The summed E-state index contributed by atoms with van der Waals surface area (Å²) in [4.78, 5) is 10.5. The molecule has 1 rings (SSSR count). The van der Waals surface area contributed by atoms with Gasteiger partial charge in [-0.15, -0.1) is 0 Å². The van der Waals surface area contributed by atoms with Gasteiger partial charge in [0.2, 0.25) is 5.91 Å². The fourth-order valence-electron chi connectivity index (χ4n) is 1.17. The van der Waals surface area contributed by atoms with Crippen LogP contribution in [-0.2, 0) is 4.79 Å². The van der Waals surface area contributed by atoms with E-state index in [1.54, 1.807) is 0 Å². The first kappa shape index (κ1) is 7.54. The van der Waals surface area contributed by atoms with Crippen LogP contribution in [0.3, 0.4) is 0 Å². The summed E-state index contributed by atoms with van der Waals surface area (Å²) in [6.07, 6.45) is 1.98. The maximum absolute atomic E-state index is 10.5. The number of rotatable bonds is 3. The lowest BCUT2D eigenvalue weighted by atomic mass is 10.1. The van der Waals surface area contributed by atoms with Gasteiger partial charge in [-0.05, 0) is 24.7 Å². The Balaban J connectivity index is 2.19. The smallest absolute Gasteiger partial charge is 0.234 e. The van der Waals surface area contributed by atoms with E-state index < -0.39 is 6.04 Å². The highest BCUT2D eigenvalue weighted by molar-refractivity contribution is 5.79. The number of carbonyl (C=O) groups excluding carboxylic acids is 1. The number of hydrogen-bond acceptors (Lipinski definition) is 2. The highest BCUT2D eigenvalue weighted by atomic mass is 16.1. The fourth-order valence-corrected chi connectivity index (χ4v) is 1.17. The molecule has 0 saturated heterocycles. The monoisotopic (exact) mass is 142 g/mol. The first-order valence-electron chi connectivity index (χ1n) is 3.66. The molecule has 3 nitrogen and oxygen atoms in total. The number of primary amides is 1. The maximum atomic E-state index is 10.5. The van der Waals surface area contributed by atoms with Gasteiger partial charge in [0.1, 0.15) is 0 Å². The molecule has 0 aromatic heterocycles. The molecule has 4 N–H and O–H groups in total. The van der Waals surface area contributed by atoms with Crippen molar-refractivity contribution in [1.82, 2.24) is 0 Å². The Bertz CT molecular complexity index is 147. The Morgan fingerprint density at radius 1 is 1.80 bits per heavy atom. The molecule has 1 aliphatic carbocycles. The zero-order chi connectivity index (χ0) is 7.72. The van der Waals surface area contributed by atoms with Gasteiger partial charge < -0.3 is 11.5 Å². The lowest BCUT2D eigenvalue weighted by Gasteiger charge is -2.04. The van der Waals surface area contributed by atoms with E-state index in [-0.39, 0.29) is 5.91 Å². The first-order valence-corrected chi connectivity index (χ1v) is 3.66. The average Bonchev–Trinajstić information content (AvgIpc) is 2.46. The molecular formula is C7H14N2O. The van der Waals surface area contributed by atoms with E-state index in [1.165, 1.54) is 6.42 Å². The maximum Gasteiger partial charge on any atom is 0.234 e. The molecule has 1 aliphatic rings. The van der Waals surface area contributed by atoms with Crippen LogP contribution in [0.4, 0.5) is 0 Å². The normalized spacial score (nSPS) is 33.4. The SMILES string of the molecule is C[C@H]1C[C@H]1CC(N)C(N)=O. The number of carbonyl (C=O) groups is 1. The molecule has 1 saturated carbocycles. The molecule has 3 heteroatoms. The predicted octanol–water partition coefficient (Wildman–Crippen LogP) is -0.155. The lowest BCUT2D eigenvalue weighted by molar-refractivity contribution is -0.119. The summed E-state index contributed by atoms with van der Waals surface area (Å²) in [5, 5.41) is 0. The molecule has 1 fully saturated rings. The van der Waals surface area contributed by atoms with E-state index in [9.17, 15) is 4.79 Å². The van der Waals surface area contributed by atoms with Gasteiger partial charge in [-0.2, -0.15) is 0 Å². The molecule has 3 atom stereocenters. The molecule has 0 aromatic carbocycles. The summed E-state index contributed by atoms with van der Waals surface area (Å²) < 4.78 is 0. The average molecular weight is 142 g/mol. The van der Waals surface area contributed by atoms with Crippen LogP contribution < -0.4 is 11.5 Å². The fraction of sp³-hybridized carbons (Fsp3) is 0.857. The van der Waals surface area contributed by atoms with E-state index >= 15 is 0 Å². The topological polar surface area (TPSA) is 69.1 Å². The predicted molar refractivity (Wildman–Crippen MR) is 39.1 cm³/mol. The molecule has 0 aromatic rings. The van der Waals surface area contributed by atoms with Crippen LogP contribution in [-0.4, -0.2) is 11.9 Å². The molecular weight excluding hydrogens is 128 g/mol. The number of hydrogen-bond donors (Lipinski definition) is 2. The van der Waals surface area contributed by atoms with Gasteiger partial charge in [0, 0.05) is 0 Å². The number of amides is 1. The Labute approximate surface area is 60.8 Å². The zero-order valence-corrected chi connectivity index (χ0v) is 6.21. The summed E-state index contributed by atoms with van der Waals surface area (Å²) in [5.41, 5.74) is 10.4. The number of nitrogens with two attached hydrogens (primary N) is 2. The van der Waals surface area contributed by atoms with Crippen molar-refractivity contribution in [2.24, 2.45) is 23.3 Å². The summed E-state index contributed by atoms with van der Waals surface area (Å²) in [7, 11) is 0. The molecule has 58 valence electrons. The van der Waals surface area contributed by atoms with Crippen molar-refractivity contribution >= 4 is 5.91 Å². The second kappa shape index (κ2) is 2.58. The molecule has 0 radical (unpaired) electrons. The zero-order valence-electron chi connectivity index (χ0n) is 6.21. The van der Waals surface area contributed by atoms with Crippen molar-refractivity contribution in [3.05, 3.63) is 0 Å². The minimum Gasteiger partial charge on any atom is -0.368 e. The van der Waals surface area contributed by atoms with Crippen LogP contribution in [0.2, 0.25) is 0 Å². The highest BCUT2D eigenvalue weighted by Crippen LogP contribution is 2.40. The standard InChI is InChI=1S/C7H14N2O/c1-4-2-5(4)3-6(8)7(9)10/h4-6H,2-3,8H2,1H3,(H2,9,10)/t4-,5-,6?/m0/s1. The third-order valence-corrected chi connectivity index (χ3v) is 2.20. The van der Waals surface area contributed by atoms with Gasteiger partial charge in [-0.1, -0.05) is 6.92 Å². The lowest BCUT2D eigenvalue weighted by Crippen LogP contribution is -2.36. The Morgan fingerprint density at radius 2 is 2.30 bits per heavy atom. The van der Waals surface area contributed by atoms with E-state index in [0.29, 0.717) is 5.92 Å². The summed E-state index contributed by atoms with van der Waals surface area (Å²) in [6, 6.07) is -0.421. The minimum absolute atomic E-state index is 0.376. The van der Waals surface area contributed by atoms with E-state index in [0.717, 1.165) is 12.3 Å². The second-order valence-electron chi connectivity index (χ2n) is 3.22. The van der Waals surface area contributed by atoms with Gasteiger partial charge in [-0.3, -0.25) is 4.79 Å². The summed E-state index contributed by atoms with van der Waals surface area (Å²) >= 11 is 0. The van der Waals surface area contributed by atoms with Crippen LogP contribution in [0, 0.1) is 11.8 Å². The van der Waals surface area contributed by atoms with Crippen molar-refractivity contribution < 1.29 is 4.79 Å². The van der Waals surface area contributed by atoms with Gasteiger partial charge in [0.25, 0.3) is 0 Å². The van der Waals surface area contributed by atoms with E-state index in [1.807, 2.05) is 0 Å². The van der Waals surface area contributed by atoms with Crippen LogP contribution in [0.15, 0.2) is 0 Å². The Kier molecular flexibility index (Phi) is 1.94. The van der Waals surface area contributed by atoms with Gasteiger partial charge in [-0.25, -0.2) is 0 Å². The third kappa shape index (κ3) is 1.70. The van der Waals surface area contributed by atoms with Crippen LogP contribution in [0.5, 0.6) is 0 Å². The third-order valence-electron chi connectivity index (χ3n) is 2.20.